The zero-order chi connectivity index (χ0) is 19.8. The average Bonchev–Trinajstić information content (AvgIpc) is 2.73. The minimum atomic E-state index is -0.157. The number of hydrogen-bond donors (Lipinski definition) is 1. The van der Waals surface area contributed by atoms with Crippen molar-refractivity contribution in [2.45, 2.75) is 6.92 Å². The molecule has 0 spiro atoms. The van der Waals surface area contributed by atoms with E-state index in [0.29, 0.717) is 24.4 Å². The second-order valence-electron chi connectivity index (χ2n) is 6.20. The molecule has 0 aromatic heterocycles. The van der Waals surface area contributed by atoms with E-state index >= 15 is 0 Å². The number of nitrogens with zero attached hydrogens (tertiary/aromatic N) is 1. The van der Waals surface area contributed by atoms with E-state index in [1.54, 1.807) is 17.0 Å². The van der Waals surface area contributed by atoms with Crippen molar-refractivity contribution in [3.8, 4) is 11.5 Å². The molecule has 3 aromatic rings. The Hall–Kier alpha value is -3.60. The molecule has 0 fully saturated rings. The Bertz CT molecular complexity index is 910. The lowest BCUT2D eigenvalue weighted by Gasteiger charge is -2.21. The van der Waals surface area contributed by atoms with E-state index in [2.05, 4.69) is 5.32 Å². The number of nitrogens with one attached hydrogen (secondary N) is 1. The number of para-hydroxylation sites is 1. The summed E-state index contributed by atoms with van der Waals surface area (Å²) in [4.78, 5) is 25.8. The molecule has 5 nitrogen and oxygen atoms in total. The molecule has 3 aromatic carbocycles. The molecule has 0 atom stereocenters. The van der Waals surface area contributed by atoms with Gasteiger partial charge in [0.15, 0.2) is 0 Å². The van der Waals surface area contributed by atoms with E-state index in [9.17, 15) is 9.59 Å². The van der Waals surface area contributed by atoms with Crippen molar-refractivity contribution in [2.75, 3.05) is 18.0 Å². The first kappa shape index (κ1) is 19.2. The number of ether oxygens (including phenoxy) is 1. The van der Waals surface area contributed by atoms with Crippen LogP contribution in [-0.2, 0) is 4.79 Å². The summed E-state index contributed by atoms with van der Waals surface area (Å²) in [5.74, 6) is 1.19. The predicted octanol–water partition coefficient (Wildman–Crippen LogP) is 4.26. The lowest BCUT2D eigenvalue weighted by atomic mass is 10.2. The van der Waals surface area contributed by atoms with E-state index in [0.717, 1.165) is 11.4 Å². The first-order valence-corrected chi connectivity index (χ1v) is 9.08. The standard InChI is InChI=1S/C23H22N2O3/c1-18(26)25(17-16-24-23(27)19-8-4-2-5-9-19)20-12-14-22(15-13-20)28-21-10-6-3-7-11-21/h2-15H,16-17H2,1H3,(H,24,27). The molecule has 1 N–H and O–H groups in total. The van der Waals surface area contributed by atoms with Gasteiger partial charge in [-0.05, 0) is 48.5 Å². The fourth-order valence-corrected chi connectivity index (χ4v) is 2.76. The Balaban J connectivity index is 1.59. The minimum absolute atomic E-state index is 0.0920. The van der Waals surface area contributed by atoms with E-state index in [1.165, 1.54) is 6.92 Å². The third kappa shape index (κ3) is 5.20. The van der Waals surface area contributed by atoms with E-state index in [4.69, 9.17) is 4.74 Å². The molecule has 0 radical (unpaired) electrons. The van der Waals surface area contributed by atoms with Crippen molar-refractivity contribution in [3.63, 3.8) is 0 Å². The quantitative estimate of drug-likeness (QED) is 0.672. The summed E-state index contributed by atoms with van der Waals surface area (Å²) in [7, 11) is 0. The van der Waals surface area contributed by atoms with Crippen LogP contribution >= 0.6 is 0 Å². The predicted molar refractivity (Wildman–Crippen MR) is 110 cm³/mol. The molecular weight excluding hydrogens is 352 g/mol. The van der Waals surface area contributed by atoms with Crippen LogP contribution in [0.5, 0.6) is 11.5 Å². The summed E-state index contributed by atoms with van der Waals surface area (Å²) in [5, 5.41) is 2.84. The van der Waals surface area contributed by atoms with Crippen LogP contribution in [0, 0.1) is 0 Å². The number of rotatable bonds is 7. The van der Waals surface area contributed by atoms with Crippen LogP contribution in [0.15, 0.2) is 84.9 Å². The lowest BCUT2D eigenvalue weighted by Crippen LogP contribution is -2.37. The highest BCUT2D eigenvalue weighted by Gasteiger charge is 2.12. The highest BCUT2D eigenvalue weighted by atomic mass is 16.5. The van der Waals surface area contributed by atoms with Gasteiger partial charge in [-0.1, -0.05) is 36.4 Å². The fraction of sp³-hybridized carbons (Fsp3) is 0.130. The molecule has 0 saturated carbocycles. The summed E-state index contributed by atoms with van der Waals surface area (Å²) < 4.78 is 5.77. The zero-order valence-electron chi connectivity index (χ0n) is 15.7. The van der Waals surface area contributed by atoms with Crippen molar-refractivity contribution >= 4 is 17.5 Å². The second kappa shape index (κ2) is 9.37. The number of carbonyl (C=O) groups excluding carboxylic acids is 2. The Kier molecular flexibility index (Phi) is 6.41. The maximum atomic E-state index is 12.1. The van der Waals surface area contributed by atoms with Crippen molar-refractivity contribution in [1.29, 1.82) is 0 Å². The number of hydrogen-bond acceptors (Lipinski definition) is 3. The summed E-state index contributed by atoms with van der Waals surface area (Å²) in [6, 6.07) is 25.8. The van der Waals surface area contributed by atoms with E-state index in [-0.39, 0.29) is 11.8 Å². The maximum Gasteiger partial charge on any atom is 0.251 e. The van der Waals surface area contributed by atoms with Gasteiger partial charge in [-0.15, -0.1) is 0 Å². The normalized spacial score (nSPS) is 10.2. The number of anilines is 1. The van der Waals surface area contributed by atoms with Gasteiger partial charge < -0.3 is 15.0 Å². The highest BCUT2D eigenvalue weighted by molar-refractivity contribution is 5.94. The smallest absolute Gasteiger partial charge is 0.251 e. The summed E-state index contributed by atoms with van der Waals surface area (Å²) in [5.41, 5.74) is 1.35. The fourth-order valence-electron chi connectivity index (χ4n) is 2.76. The monoisotopic (exact) mass is 374 g/mol. The second-order valence-corrected chi connectivity index (χ2v) is 6.20. The molecule has 28 heavy (non-hydrogen) atoms. The first-order valence-electron chi connectivity index (χ1n) is 9.08. The van der Waals surface area contributed by atoms with Crippen molar-refractivity contribution in [1.82, 2.24) is 5.32 Å². The average molecular weight is 374 g/mol. The Morgan fingerprint density at radius 3 is 2.00 bits per heavy atom. The molecule has 0 aliphatic heterocycles. The summed E-state index contributed by atoms with van der Waals surface area (Å²) in [6.07, 6.45) is 0. The molecule has 5 heteroatoms. The van der Waals surface area contributed by atoms with Gasteiger partial charge in [0, 0.05) is 31.3 Å². The molecule has 0 unspecified atom stereocenters. The molecule has 3 rings (SSSR count). The van der Waals surface area contributed by atoms with Crippen LogP contribution < -0.4 is 15.0 Å². The summed E-state index contributed by atoms with van der Waals surface area (Å²) in [6.45, 7) is 2.25. The molecule has 0 aliphatic rings. The van der Waals surface area contributed by atoms with Gasteiger partial charge in [-0.3, -0.25) is 9.59 Å². The zero-order valence-corrected chi connectivity index (χ0v) is 15.7. The number of carbonyl (C=O) groups is 2. The largest absolute Gasteiger partial charge is 0.457 e. The molecule has 0 aliphatic carbocycles. The summed E-state index contributed by atoms with van der Waals surface area (Å²) >= 11 is 0. The van der Waals surface area contributed by atoms with E-state index in [1.807, 2.05) is 72.8 Å². The van der Waals surface area contributed by atoms with Gasteiger partial charge in [-0.25, -0.2) is 0 Å². The van der Waals surface area contributed by atoms with Crippen LogP contribution in [-0.4, -0.2) is 24.9 Å². The SMILES string of the molecule is CC(=O)N(CCNC(=O)c1ccccc1)c1ccc(Oc2ccccc2)cc1. The first-order chi connectivity index (χ1) is 13.6. The van der Waals surface area contributed by atoms with Crippen LogP contribution in [0.1, 0.15) is 17.3 Å². The third-order valence-electron chi connectivity index (χ3n) is 4.16. The minimum Gasteiger partial charge on any atom is -0.457 e. The van der Waals surface area contributed by atoms with Gasteiger partial charge in [0.2, 0.25) is 5.91 Å². The van der Waals surface area contributed by atoms with Gasteiger partial charge in [0.1, 0.15) is 11.5 Å². The van der Waals surface area contributed by atoms with Crippen molar-refractivity contribution < 1.29 is 14.3 Å². The molecule has 0 heterocycles. The van der Waals surface area contributed by atoms with Crippen molar-refractivity contribution in [3.05, 3.63) is 90.5 Å². The van der Waals surface area contributed by atoms with Crippen LogP contribution in [0.25, 0.3) is 0 Å². The molecule has 142 valence electrons. The molecule has 0 saturated heterocycles. The molecule has 2 amide bonds. The maximum absolute atomic E-state index is 12.1. The Labute approximate surface area is 164 Å². The Morgan fingerprint density at radius 2 is 1.39 bits per heavy atom. The van der Waals surface area contributed by atoms with Gasteiger partial charge in [0.05, 0.1) is 0 Å². The van der Waals surface area contributed by atoms with Gasteiger partial charge in [-0.2, -0.15) is 0 Å². The Morgan fingerprint density at radius 1 is 0.821 bits per heavy atom. The third-order valence-corrected chi connectivity index (χ3v) is 4.16. The van der Waals surface area contributed by atoms with Crippen LogP contribution in [0.4, 0.5) is 5.69 Å². The molecule has 0 bridgehead atoms. The van der Waals surface area contributed by atoms with Crippen molar-refractivity contribution in [2.24, 2.45) is 0 Å². The van der Waals surface area contributed by atoms with Gasteiger partial charge >= 0.3 is 0 Å². The lowest BCUT2D eigenvalue weighted by molar-refractivity contribution is -0.116. The van der Waals surface area contributed by atoms with E-state index < -0.39 is 0 Å². The number of amides is 2. The van der Waals surface area contributed by atoms with Gasteiger partial charge in [0.25, 0.3) is 5.91 Å². The van der Waals surface area contributed by atoms with Crippen LogP contribution in [0.3, 0.4) is 0 Å². The highest BCUT2D eigenvalue weighted by Crippen LogP contribution is 2.24. The van der Waals surface area contributed by atoms with Crippen LogP contribution in [0.2, 0.25) is 0 Å². The number of benzene rings is 3. The molecular formula is C23H22N2O3. The topological polar surface area (TPSA) is 58.6 Å².